The van der Waals surface area contributed by atoms with Crippen molar-refractivity contribution in [3.63, 3.8) is 0 Å². The van der Waals surface area contributed by atoms with E-state index < -0.39 is 15.9 Å². The van der Waals surface area contributed by atoms with Gasteiger partial charge in [-0.25, -0.2) is 13.1 Å². The molecule has 0 aliphatic heterocycles. The van der Waals surface area contributed by atoms with Gasteiger partial charge in [-0.1, -0.05) is 6.08 Å². The Labute approximate surface area is 112 Å². The Morgan fingerprint density at radius 2 is 2.00 bits per heavy atom. The third-order valence-electron chi connectivity index (χ3n) is 2.24. The van der Waals surface area contributed by atoms with Crippen LogP contribution in [-0.2, 0) is 14.8 Å². The van der Waals surface area contributed by atoms with E-state index in [1.807, 2.05) is 0 Å². The van der Waals surface area contributed by atoms with Crippen molar-refractivity contribution in [2.45, 2.75) is 4.90 Å². The number of methoxy groups -OCH3 is 1. The number of nitrogens with one attached hydrogen (secondary N) is 2. The molecule has 7 heteroatoms. The predicted octanol–water partition coefficient (Wildman–Crippen LogP) is 0.276. The maximum atomic E-state index is 11.9. The molecular weight excluding hydrogens is 268 g/mol. The lowest BCUT2D eigenvalue weighted by molar-refractivity contribution is -0.119. The summed E-state index contributed by atoms with van der Waals surface area (Å²) >= 11 is 0. The van der Waals surface area contributed by atoms with Crippen molar-refractivity contribution >= 4 is 15.9 Å². The molecule has 1 rings (SSSR count). The molecule has 0 atom stereocenters. The van der Waals surface area contributed by atoms with Crippen LogP contribution < -0.4 is 14.8 Å². The highest BCUT2D eigenvalue weighted by Gasteiger charge is 2.15. The first-order valence-electron chi connectivity index (χ1n) is 5.51. The summed E-state index contributed by atoms with van der Waals surface area (Å²) in [6.45, 7) is 3.42. The van der Waals surface area contributed by atoms with Crippen LogP contribution in [0.15, 0.2) is 41.8 Å². The molecule has 19 heavy (non-hydrogen) atoms. The summed E-state index contributed by atoms with van der Waals surface area (Å²) < 4.78 is 30.9. The lowest BCUT2D eigenvalue weighted by atomic mass is 10.3. The molecule has 0 unspecified atom stereocenters. The Bertz CT molecular complexity index is 537. The number of ether oxygens (including phenoxy) is 1. The Morgan fingerprint density at radius 1 is 1.37 bits per heavy atom. The van der Waals surface area contributed by atoms with Gasteiger partial charge in [0.25, 0.3) is 0 Å². The summed E-state index contributed by atoms with van der Waals surface area (Å²) in [6, 6.07) is 5.88. The summed E-state index contributed by atoms with van der Waals surface area (Å²) in [6.07, 6.45) is 1.51. The maximum Gasteiger partial charge on any atom is 0.241 e. The van der Waals surface area contributed by atoms with Gasteiger partial charge >= 0.3 is 0 Å². The molecule has 0 bridgehead atoms. The van der Waals surface area contributed by atoms with E-state index in [4.69, 9.17) is 4.74 Å². The van der Waals surface area contributed by atoms with Gasteiger partial charge in [0, 0.05) is 6.54 Å². The first-order chi connectivity index (χ1) is 8.99. The van der Waals surface area contributed by atoms with Crippen LogP contribution in [0.4, 0.5) is 0 Å². The molecule has 104 valence electrons. The summed E-state index contributed by atoms with van der Waals surface area (Å²) in [5.74, 6) is 0.139. The fourth-order valence-electron chi connectivity index (χ4n) is 1.25. The summed E-state index contributed by atoms with van der Waals surface area (Å²) in [5.41, 5.74) is 0. The van der Waals surface area contributed by atoms with Gasteiger partial charge in [-0.15, -0.1) is 6.58 Å². The minimum atomic E-state index is -3.70. The molecule has 1 aromatic carbocycles. The zero-order valence-electron chi connectivity index (χ0n) is 10.5. The SMILES string of the molecule is C=CCNC(=O)CNS(=O)(=O)c1ccc(OC)cc1. The second-order valence-electron chi connectivity index (χ2n) is 3.59. The summed E-state index contributed by atoms with van der Waals surface area (Å²) in [4.78, 5) is 11.3. The maximum absolute atomic E-state index is 11.9. The normalized spacial score (nSPS) is 10.8. The van der Waals surface area contributed by atoms with Crippen LogP contribution in [-0.4, -0.2) is 34.5 Å². The van der Waals surface area contributed by atoms with E-state index in [0.29, 0.717) is 12.3 Å². The number of carbonyl (C=O) groups excluding carboxylic acids is 1. The van der Waals surface area contributed by atoms with Crippen LogP contribution >= 0.6 is 0 Å². The van der Waals surface area contributed by atoms with Gasteiger partial charge in [0.1, 0.15) is 5.75 Å². The van der Waals surface area contributed by atoms with Crippen molar-refractivity contribution in [1.82, 2.24) is 10.0 Å². The quantitative estimate of drug-likeness (QED) is 0.704. The van der Waals surface area contributed by atoms with E-state index in [0.717, 1.165) is 0 Å². The van der Waals surface area contributed by atoms with Crippen molar-refractivity contribution in [1.29, 1.82) is 0 Å². The molecule has 0 radical (unpaired) electrons. The smallest absolute Gasteiger partial charge is 0.241 e. The second-order valence-corrected chi connectivity index (χ2v) is 5.36. The highest BCUT2D eigenvalue weighted by atomic mass is 32.2. The molecule has 0 spiro atoms. The Kier molecular flexibility index (Phi) is 5.53. The highest BCUT2D eigenvalue weighted by molar-refractivity contribution is 7.89. The zero-order valence-corrected chi connectivity index (χ0v) is 11.4. The van der Waals surface area contributed by atoms with E-state index in [-0.39, 0.29) is 11.4 Å². The lowest BCUT2D eigenvalue weighted by Crippen LogP contribution is -2.36. The number of benzene rings is 1. The number of amides is 1. The Hall–Kier alpha value is -1.86. The van der Waals surface area contributed by atoms with E-state index in [1.54, 1.807) is 0 Å². The molecule has 2 N–H and O–H groups in total. The van der Waals surface area contributed by atoms with Crippen LogP contribution in [0.3, 0.4) is 0 Å². The van der Waals surface area contributed by atoms with Gasteiger partial charge in [0.15, 0.2) is 0 Å². The predicted molar refractivity (Wildman–Crippen MR) is 71.4 cm³/mol. The number of hydrogen-bond acceptors (Lipinski definition) is 4. The van der Waals surface area contributed by atoms with Crippen molar-refractivity contribution in [3.05, 3.63) is 36.9 Å². The lowest BCUT2D eigenvalue weighted by Gasteiger charge is -2.07. The van der Waals surface area contributed by atoms with Gasteiger partial charge in [-0.3, -0.25) is 4.79 Å². The highest BCUT2D eigenvalue weighted by Crippen LogP contribution is 2.14. The fraction of sp³-hybridized carbons (Fsp3) is 0.250. The van der Waals surface area contributed by atoms with Crippen molar-refractivity contribution < 1.29 is 17.9 Å². The first-order valence-corrected chi connectivity index (χ1v) is 6.99. The van der Waals surface area contributed by atoms with Crippen LogP contribution in [0.5, 0.6) is 5.75 Å². The molecule has 1 aromatic rings. The molecule has 0 heterocycles. The van der Waals surface area contributed by atoms with Gasteiger partial charge in [-0.2, -0.15) is 0 Å². The molecular formula is C12H16N2O4S. The molecule has 0 fully saturated rings. The molecule has 6 nitrogen and oxygen atoms in total. The van der Waals surface area contributed by atoms with E-state index in [1.165, 1.54) is 37.5 Å². The van der Waals surface area contributed by atoms with E-state index in [2.05, 4.69) is 16.6 Å². The minimum Gasteiger partial charge on any atom is -0.497 e. The molecule has 0 aliphatic carbocycles. The summed E-state index contributed by atoms with van der Waals surface area (Å²) in [5, 5.41) is 2.47. The van der Waals surface area contributed by atoms with Gasteiger partial charge < -0.3 is 10.1 Å². The Balaban J connectivity index is 2.64. The molecule has 0 aromatic heterocycles. The molecule has 0 saturated carbocycles. The molecule has 0 saturated heterocycles. The first kappa shape index (κ1) is 15.2. The molecule has 1 amide bonds. The average molecular weight is 284 g/mol. The van der Waals surface area contributed by atoms with Crippen LogP contribution in [0.2, 0.25) is 0 Å². The standard InChI is InChI=1S/C12H16N2O4S/c1-3-8-13-12(15)9-14-19(16,17)11-6-4-10(18-2)5-7-11/h3-7,14H,1,8-9H2,2H3,(H,13,15). The number of hydrogen-bond donors (Lipinski definition) is 2. The van der Waals surface area contributed by atoms with E-state index in [9.17, 15) is 13.2 Å². The number of sulfonamides is 1. The minimum absolute atomic E-state index is 0.0739. The van der Waals surface area contributed by atoms with Crippen molar-refractivity contribution in [3.8, 4) is 5.75 Å². The number of rotatable bonds is 7. The monoisotopic (exact) mass is 284 g/mol. The third kappa shape index (κ3) is 4.72. The largest absolute Gasteiger partial charge is 0.497 e. The van der Waals surface area contributed by atoms with Gasteiger partial charge in [0.05, 0.1) is 18.6 Å². The van der Waals surface area contributed by atoms with E-state index >= 15 is 0 Å². The fourth-order valence-corrected chi connectivity index (χ4v) is 2.23. The second kappa shape index (κ2) is 6.91. The van der Waals surface area contributed by atoms with Crippen LogP contribution in [0, 0.1) is 0 Å². The average Bonchev–Trinajstić information content (AvgIpc) is 2.43. The summed E-state index contributed by atoms with van der Waals surface area (Å²) in [7, 11) is -2.21. The molecule has 0 aliphatic rings. The van der Waals surface area contributed by atoms with Crippen LogP contribution in [0.1, 0.15) is 0 Å². The topological polar surface area (TPSA) is 84.5 Å². The number of carbonyl (C=O) groups is 1. The van der Waals surface area contributed by atoms with Crippen LogP contribution in [0.25, 0.3) is 0 Å². The third-order valence-corrected chi connectivity index (χ3v) is 3.65. The van der Waals surface area contributed by atoms with Gasteiger partial charge in [-0.05, 0) is 24.3 Å². The van der Waals surface area contributed by atoms with Crippen molar-refractivity contribution in [2.75, 3.05) is 20.2 Å². The Morgan fingerprint density at radius 3 is 2.53 bits per heavy atom. The zero-order chi connectivity index (χ0) is 14.3. The van der Waals surface area contributed by atoms with Crippen molar-refractivity contribution in [2.24, 2.45) is 0 Å². The van der Waals surface area contributed by atoms with Gasteiger partial charge in [0.2, 0.25) is 15.9 Å².